The number of aliphatic hydroxyl groups excluding tert-OH is 1. The quantitative estimate of drug-likeness (QED) is 0.780. The van der Waals surface area contributed by atoms with Gasteiger partial charge in [0, 0.05) is 5.56 Å². The van der Waals surface area contributed by atoms with E-state index in [0.29, 0.717) is 11.3 Å². The Labute approximate surface area is 108 Å². The number of carbonyl (C=O) groups is 1. The van der Waals surface area contributed by atoms with Gasteiger partial charge in [-0.25, -0.2) is 0 Å². The highest BCUT2D eigenvalue weighted by molar-refractivity contribution is 6.02. The van der Waals surface area contributed by atoms with Gasteiger partial charge in [-0.1, -0.05) is 0 Å². The molecule has 1 aromatic rings. The van der Waals surface area contributed by atoms with Crippen LogP contribution in [0.5, 0.6) is 5.75 Å². The topological polar surface area (TPSA) is 49.8 Å². The molecule has 0 aromatic heterocycles. The third-order valence-electron chi connectivity index (χ3n) is 3.15. The summed E-state index contributed by atoms with van der Waals surface area (Å²) in [5, 5.41) is 8.65. The van der Waals surface area contributed by atoms with Gasteiger partial charge >= 0.3 is 0 Å². The first-order valence-electron chi connectivity index (χ1n) is 5.95. The molecule has 0 saturated heterocycles. The number of hydrogen-bond donors (Lipinski definition) is 1. The number of Topliss-reactive ketones (excluding diaryl/α,β-unsaturated/α-hetero) is 1. The first kappa shape index (κ1) is 14.7. The minimum Gasteiger partial charge on any atom is -0.491 e. The molecule has 100 valence electrons. The second-order valence-electron chi connectivity index (χ2n) is 4.88. The summed E-state index contributed by atoms with van der Waals surface area (Å²) < 4.78 is 5.25. The maximum atomic E-state index is 12.3. The lowest BCUT2D eigenvalue weighted by Crippen LogP contribution is -2.45. The Bertz CT molecular complexity index is 396. The molecule has 1 aromatic carbocycles. The molecule has 4 heteroatoms. The lowest BCUT2D eigenvalue weighted by Gasteiger charge is -2.30. The molecule has 0 heterocycles. The molecule has 4 nitrogen and oxygen atoms in total. The van der Waals surface area contributed by atoms with E-state index in [4.69, 9.17) is 9.84 Å². The third-order valence-corrected chi connectivity index (χ3v) is 3.15. The molecule has 0 saturated carbocycles. The van der Waals surface area contributed by atoms with Gasteiger partial charge in [0.15, 0.2) is 5.78 Å². The fourth-order valence-corrected chi connectivity index (χ4v) is 1.42. The number of benzene rings is 1. The van der Waals surface area contributed by atoms with Gasteiger partial charge in [-0.2, -0.15) is 0 Å². The molecule has 0 fully saturated rings. The zero-order chi connectivity index (χ0) is 13.8. The van der Waals surface area contributed by atoms with Crippen LogP contribution in [-0.2, 0) is 0 Å². The highest BCUT2D eigenvalue weighted by Gasteiger charge is 2.30. The van der Waals surface area contributed by atoms with E-state index in [1.807, 2.05) is 32.8 Å². The van der Waals surface area contributed by atoms with Gasteiger partial charge < -0.3 is 9.84 Å². The summed E-state index contributed by atoms with van der Waals surface area (Å²) >= 11 is 0. The van der Waals surface area contributed by atoms with Crippen LogP contribution in [0.25, 0.3) is 0 Å². The predicted molar refractivity (Wildman–Crippen MR) is 71.1 cm³/mol. The third kappa shape index (κ3) is 3.31. The lowest BCUT2D eigenvalue weighted by atomic mass is 9.92. The summed E-state index contributed by atoms with van der Waals surface area (Å²) in [6.45, 7) is 4.03. The Morgan fingerprint density at radius 1 is 1.28 bits per heavy atom. The van der Waals surface area contributed by atoms with Crippen LogP contribution in [0.4, 0.5) is 0 Å². The molecule has 0 spiro atoms. The molecular weight excluding hydrogens is 230 g/mol. The van der Waals surface area contributed by atoms with E-state index in [0.717, 1.165) is 0 Å². The molecule has 1 rings (SSSR count). The number of aliphatic hydroxyl groups is 1. The van der Waals surface area contributed by atoms with Crippen molar-refractivity contribution in [2.75, 3.05) is 27.3 Å². The summed E-state index contributed by atoms with van der Waals surface area (Å²) in [5.41, 5.74) is 0.123. The molecule has 1 N–H and O–H groups in total. The van der Waals surface area contributed by atoms with Gasteiger partial charge in [-0.3, -0.25) is 9.69 Å². The minimum atomic E-state index is -0.534. The van der Waals surface area contributed by atoms with Gasteiger partial charge in [0.2, 0.25) is 0 Å². The summed E-state index contributed by atoms with van der Waals surface area (Å²) in [7, 11) is 3.77. The van der Waals surface area contributed by atoms with Gasteiger partial charge in [-0.15, -0.1) is 0 Å². The molecule has 0 atom stereocenters. The van der Waals surface area contributed by atoms with Crippen LogP contribution in [-0.4, -0.2) is 48.6 Å². The minimum absolute atomic E-state index is 0.0195. The first-order valence-corrected chi connectivity index (χ1v) is 5.95. The van der Waals surface area contributed by atoms with Gasteiger partial charge in [0.25, 0.3) is 0 Å². The fraction of sp³-hybridized carbons (Fsp3) is 0.500. The molecule has 0 aliphatic rings. The number of ether oxygens (including phenoxy) is 1. The van der Waals surface area contributed by atoms with Crippen LogP contribution in [0, 0.1) is 0 Å². The van der Waals surface area contributed by atoms with Crippen molar-refractivity contribution in [1.29, 1.82) is 0 Å². The van der Waals surface area contributed by atoms with E-state index < -0.39 is 5.54 Å². The molecule has 18 heavy (non-hydrogen) atoms. The van der Waals surface area contributed by atoms with E-state index in [1.165, 1.54) is 0 Å². The number of nitrogens with zero attached hydrogens (tertiary/aromatic N) is 1. The van der Waals surface area contributed by atoms with Crippen molar-refractivity contribution in [1.82, 2.24) is 4.90 Å². The van der Waals surface area contributed by atoms with Crippen molar-refractivity contribution in [3.8, 4) is 5.75 Å². The summed E-state index contributed by atoms with van der Waals surface area (Å²) in [6.07, 6.45) is 0. The largest absolute Gasteiger partial charge is 0.491 e. The monoisotopic (exact) mass is 251 g/mol. The van der Waals surface area contributed by atoms with Crippen LogP contribution >= 0.6 is 0 Å². The van der Waals surface area contributed by atoms with Crippen molar-refractivity contribution >= 4 is 5.78 Å². The molecule has 0 bridgehead atoms. The van der Waals surface area contributed by atoms with Crippen molar-refractivity contribution in [3.63, 3.8) is 0 Å². The Kier molecular flexibility index (Phi) is 4.87. The normalized spacial score (nSPS) is 11.7. The highest BCUT2D eigenvalue weighted by atomic mass is 16.5. The zero-order valence-electron chi connectivity index (χ0n) is 11.4. The maximum Gasteiger partial charge on any atom is 0.182 e. The number of rotatable bonds is 6. The van der Waals surface area contributed by atoms with E-state index in [9.17, 15) is 4.79 Å². The van der Waals surface area contributed by atoms with Crippen LogP contribution in [0.3, 0.4) is 0 Å². The van der Waals surface area contributed by atoms with Crippen molar-refractivity contribution < 1.29 is 14.6 Å². The van der Waals surface area contributed by atoms with Gasteiger partial charge in [0.1, 0.15) is 12.4 Å². The Hall–Kier alpha value is -1.39. The number of hydrogen-bond acceptors (Lipinski definition) is 4. The van der Waals surface area contributed by atoms with E-state index >= 15 is 0 Å². The van der Waals surface area contributed by atoms with E-state index in [-0.39, 0.29) is 19.0 Å². The standard InChI is InChI=1S/C14H21NO3/c1-14(2,15(3)4)13(17)11-5-7-12(8-6-11)18-10-9-16/h5-8,16H,9-10H2,1-4H3. The Morgan fingerprint density at radius 3 is 2.28 bits per heavy atom. The fourth-order valence-electron chi connectivity index (χ4n) is 1.42. The number of ketones is 1. The Balaban J connectivity index is 2.82. The summed E-state index contributed by atoms with van der Waals surface area (Å²) in [5.74, 6) is 0.726. The zero-order valence-corrected chi connectivity index (χ0v) is 11.4. The summed E-state index contributed by atoms with van der Waals surface area (Å²) in [6, 6.07) is 6.99. The van der Waals surface area contributed by atoms with Crippen LogP contribution < -0.4 is 4.74 Å². The predicted octanol–water partition coefficient (Wildman–Crippen LogP) is 1.58. The van der Waals surface area contributed by atoms with Crippen molar-refractivity contribution in [2.24, 2.45) is 0 Å². The lowest BCUT2D eigenvalue weighted by molar-refractivity contribution is 0.0755. The highest BCUT2D eigenvalue weighted by Crippen LogP contribution is 2.20. The van der Waals surface area contributed by atoms with Crippen molar-refractivity contribution in [2.45, 2.75) is 19.4 Å². The van der Waals surface area contributed by atoms with Gasteiger partial charge in [0.05, 0.1) is 12.1 Å². The summed E-state index contributed by atoms with van der Waals surface area (Å²) in [4.78, 5) is 14.2. The molecule has 0 radical (unpaired) electrons. The van der Waals surface area contributed by atoms with Crippen LogP contribution in [0.1, 0.15) is 24.2 Å². The first-order chi connectivity index (χ1) is 8.39. The number of likely N-dealkylation sites (N-methyl/N-ethyl adjacent to an activating group) is 1. The van der Waals surface area contributed by atoms with Crippen molar-refractivity contribution in [3.05, 3.63) is 29.8 Å². The average molecular weight is 251 g/mol. The Morgan fingerprint density at radius 2 is 1.83 bits per heavy atom. The SMILES string of the molecule is CN(C)C(C)(C)C(=O)c1ccc(OCCO)cc1. The van der Waals surface area contributed by atoms with E-state index in [2.05, 4.69) is 0 Å². The van der Waals surface area contributed by atoms with E-state index in [1.54, 1.807) is 24.3 Å². The maximum absolute atomic E-state index is 12.3. The van der Waals surface area contributed by atoms with Crippen LogP contribution in [0.2, 0.25) is 0 Å². The molecule has 0 amide bonds. The molecule has 0 aliphatic carbocycles. The number of carbonyl (C=O) groups excluding carboxylic acids is 1. The molecule has 0 aliphatic heterocycles. The smallest absolute Gasteiger partial charge is 0.182 e. The second kappa shape index (κ2) is 5.98. The second-order valence-corrected chi connectivity index (χ2v) is 4.88. The molecular formula is C14H21NO3. The van der Waals surface area contributed by atoms with Gasteiger partial charge in [-0.05, 0) is 52.2 Å². The van der Waals surface area contributed by atoms with Crippen LogP contribution in [0.15, 0.2) is 24.3 Å². The molecule has 0 unspecified atom stereocenters. The average Bonchev–Trinajstić information content (AvgIpc) is 2.35.